The number of nitrogens with one attached hydrogen (secondary N) is 1. The molecule has 0 saturated carbocycles. The van der Waals surface area contributed by atoms with Crippen LogP contribution in [0.4, 0.5) is 5.69 Å². The van der Waals surface area contributed by atoms with Crippen molar-refractivity contribution in [2.75, 3.05) is 32.1 Å². The largest absolute Gasteiger partial charge is 0.377 e. The molecule has 1 aromatic rings. The van der Waals surface area contributed by atoms with Crippen LogP contribution in [0.1, 0.15) is 25.8 Å². The second kappa shape index (κ2) is 9.50. The molecular formula is C16H27N3O2. The molecule has 1 rings (SSSR count). The van der Waals surface area contributed by atoms with E-state index in [1.165, 1.54) is 0 Å². The van der Waals surface area contributed by atoms with Crippen molar-refractivity contribution in [1.82, 2.24) is 4.90 Å². The van der Waals surface area contributed by atoms with Gasteiger partial charge in [0.25, 0.3) is 0 Å². The highest BCUT2D eigenvalue weighted by Crippen LogP contribution is 2.09. The minimum absolute atomic E-state index is 0.0205. The molecule has 0 saturated heterocycles. The molecule has 5 nitrogen and oxygen atoms in total. The van der Waals surface area contributed by atoms with Crippen LogP contribution in [0.3, 0.4) is 0 Å². The topological polar surface area (TPSA) is 67.6 Å². The predicted molar refractivity (Wildman–Crippen MR) is 86.2 cm³/mol. The zero-order chi connectivity index (χ0) is 15.7. The van der Waals surface area contributed by atoms with Crippen LogP contribution in [0.15, 0.2) is 24.3 Å². The number of anilines is 1. The van der Waals surface area contributed by atoms with E-state index in [1.807, 2.05) is 45.2 Å². The highest BCUT2D eigenvalue weighted by atomic mass is 16.5. The highest BCUT2D eigenvalue weighted by molar-refractivity contribution is 5.90. The molecule has 0 bridgehead atoms. The number of carbonyl (C=O) groups excluding carboxylic acids is 1. The van der Waals surface area contributed by atoms with Crippen molar-refractivity contribution < 1.29 is 9.53 Å². The molecule has 0 heterocycles. The van der Waals surface area contributed by atoms with Gasteiger partial charge in [0.15, 0.2) is 0 Å². The first-order valence-electron chi connectivity index (χ1n) is 7.40. The summed E-state index contributed by atoms with van der Waals surface area (Å²) in [4.78, 5) is 14.0. The quantitative estimate of drug-likeness (QED) is 0.729. The molecule has 0 unspecified atom stereocenters. The third kappa shape index (κ3) is 7.80. The van der Waals surface area contributed by atoms with Crippen LogP contribution < -0.4 is 11.1 Å². The van der Waals surface area contributed by atoms with E-state index < -0.39 is 0 Å². The Balaban J connectivity index is 2.23. The van der Waals surface area contributed by atoms with Crippen molar-refractivity contribution in [3.63, 3.8) is 0 Å². The van der Waals surface area contributed by atoms with Crippen molar-refractivity contribution >= 4 is 11.6 Å². The maximum Gasteiger partial charge on any atom is 0.225 e. The van der Waals surface area contributed by atoms with Gasteiger partial charge in [-0.05, 0) is 38.6 Å². The average molecular weight is 293 g/mol. The van der Waals surface area contributed by atoms with Gasteiger partial charge in [0, 0.05) is 31.7 Å². The Morgan fingerprint density at radius 3 is 2.52 bits per heavy atom. The minimum atomic E-state index is 0.0205. The molecule has 0 atom stereocenters. The number of nitrogens with zero attached hydrogens (tertiary/aromatic N) is 1. The van der Waals surface area contributed by atoms with Gasteiger partial charge in [0.05, 0.1) is 12.7 Å². The van der Waals surface area contributed by atoms with Gasteiger partial charge >= 0.3 is 0 Å². The number of benzene rings is 1. The van der Waals surface area contributed by atoms with Crippen LogP contribution in [0.2, 0.25) is 0 Å². The van der Waals surface area contributed by atoms with E-state index in [4.69, 9.17) is 10.5 Å². The van der Waals surface area contributed by atoms with E-state index in [2.05, 4.69) is 10.2 Å². The first kappa shape index (κ1) is 17.6. The van der Waals surface area contributed by atoms with Crippen molar-refractivity contribution in [3.05, 3.63) is 29.8 Å². The smallest absolute Gasteiger partial charge is 0.225 e. The van der Waals surface area contributed by atoms with Gasteiger partial charge in [-0.15, -0.1) is 0 Å². The molecule has 0 aliphatic rings. The summed E-state index contributed by atoms with van der Waals surface area (Å²) in [6.45, 7) is 6.78. The number of carbonyl (C=O) groups is 1. The third-order valence-corrected chi connectivity index (χ3v) is 3.12. The number of hydrogen-bond donors (Lipinski definition) is 2. The van der Waals surface area contributed by atoms with Gasteiger partial charge in [0.2, 0.25) is 5.91 Å². The monoisotopic (exact) mass is 293 g/mol. The van der Waals surface area contributed by atoms with Crippen LogP contribution in [-0.4, -0.2) is 43.7 Å². The molecule has 0 aliphatic heterocycles. The van der Waals surface area contributed by atoms with E-state index in [0.29, 0.717) is 26.1 Å². The van der Waals surface area contributed by atoms with Gasteiger partial charge in [-0.3, -0.25) is 4.79 Å². The lowest BCUT2D eigenvalue weighted by molar-refractivity contribution is -0.116. The molecule has 5 heteroatoms. The maximum absolute atomic E-state index is 11.9. The fourth-order valence-corrected chi connectivity index (χ4v) is 1.80. The lowest BCUT2D eigenvalue weighted by Crippen LogP contribution is -2.28. The molecule has 0 fully saturated rings. The van der Waals surface area contributed by atoms with Gasteiger partial charge in [0.1, 0.15) is 0 Å². The summed E-state index contributed by atoms with van der Waals surface area (Å²) in [5.74, 6) is 0.0205. The molecule has 118 valence electrons. The number of likely N-dealkylation sites (N-methyl/N-ethyl adjacent to an activating group) is 1. The number of amides is 1. The lowest BCUT2D eigenvalue weighted by atomic mass is 10.2. The Bertz CT molecular complexity index is 418. The van der Waals surface area contributed by atoms with Crippen LogP contribution in [0.5, 0.6) is 0 Å². The molecule has 21 heavy (non-hydrogen) atoms. The van der Waals surface area contributed by atoms with Gasteiger partial charge in [-0.1, -0.05) is 12.1 Å². The van der Waals surface area contributed by atoms with E-state index in [1.54, 1.807) is 0 Å². The Labute approximate surface area is 127 Å². The van der Waals surface area contributed by atoms with E-state index in [0.717, 1.165) is 17.8 Å². The van der Waals surface area contributed by atoms with Crippen molar-refractivity contribution in [2.24, 2.45) is 5.73 Å². The first-order valence-corrected chi connectivity index (χ1v) is 7.40. The van der Waals surface area contributed by atoms with Crippen molar-refractivity contribution in [2.45, 2.75) is 32.9 Å². The summed E-state index contributed by atoms with van der Waals surface area (Å²) in [6, 6.07) is 7.59. The van der Waals surface area contributed by atoms with Gasteiger partial charge in [-0.2, -0.15) is 0 Å². The zero-order valence-electron chi connectivity index (χ0n) is 13.3. The van der Waals surface area contributed by atoms with Gasteiger partial charge in [-0.25, -0.2) is 0 Å². The minimum Gasteiger partial charge on any atom is -0.377 e. The summed E-state index contributed by atoms with van der Waals surface area (Å²) in [6.07, 6.45) is 0.717. The molecule has 3 N–H and O–H groups in total. The normalized spacial score (nSPS) is 11.1. The first-order chi connectivity index (χ1) is 10.0. The highest BCUT2D eigenvalue weighted by Gasteiger charge is 2.05. The van der Waals surface area contributed by atoms with Gasteiger partial charge < -0.3 is 20.7 Å². The SMILES string of the molecule is CC(C)OCCN(C)CCC(=O)Nc1ccc(CN)cc1. The predicted octanol–water partition coefficient (Wildman–Crippen LogP) is 1.83. The second-order valence-corrected chi connectivity index (χ2v) is 5.42. The van der Waals surface area contributed by atoms with E-state index in [-0.39, 0.29) is 12.0 Å². The fraction of sp³-hybridized carbons (Fsp3) is 0.562. The molecule has 0 aliphatic carbocycles. The molecule has 0 aromatic heterocycles. The third-order valence-electron chi connectivity index (χ3n) is 3.12. The molecule has 1 aromatic carbocycles. The van der Waals surface area contributed by atoms with Crippen LogP contribution in [0.25, 0.3) is 0 Å². The van der Waals surface area contributed by atoms with Crippen LogP contribution in [-0.2, 0) is 16.1 Å². The Morgan fingerprint density at radius 1 is 1.29 bits per heavy atom. The number of nitrogens with two attached hydrogens (primary N) is 1. The molecular weight excluding hydrogens is 266 g/mol. The summed E-state index contributed by atoms with van der Waals surface area (Å²) < 4.78 is 5.48. The zero-order valence-corrected chi connectivity index (χ0v) is 13.3. The van der Waals surface area contributed by atoms with Crippen molar-refractivity contribution in [1.29, 1.82) is 0 Å². The molecule has 0 radical (unpaired) electrons. The lowest BCUT2D eigenvalue weighted by Gasteiger charge is -2.17. The summed E-state index contributed by atoms with van der Waals surface area (Å²) in [5, 5.41) is 2.89. The average Bonchev–Trinajstić information content (AvgIpc) is 2.45. The summed E-state index contributed by atoms with van der Waals surface area (Å²) >= 11 is 0. The van der Waals surface area contributed by atoms with E-state index in [9.17, 15) is 4.79 Å². The second-order valence-electron chi connectivity index (χ2n) is 5.42. The molecule has 0 spiro atoms. The Kier molecular flexibility index (Phi) is 7.97. The Hall–Kier alpha value is -1.43. The number of hydrogen-bond acceptors (Lipinski definition) is 4. The summed E-state index contributed by atoms with van der Waals surface area (Å²) in [7, 11) is 1.99. The van der Waals surface area contributed by atoms with Crippen LogP contribution in [0, 0.1) is 0 Å². The molecule has 1 amide bonds. The number of ether oxygens (including phenoxy) is 1. The Morgan fingerprint density at radius 2 is 1.95 bits per heavy atom. The van der Waals surface area contributed by atoms with E-state index >= 15 is 0 Å². The maximum atomic E-state index is 11.9. The van der Waals surface area contributed by atoms with Crippen molar-refractivity contribution in [3.8, 4) is 0 Å². The fourth-order valence-electron chi connectivity index (χ4n) is 1.80. The standard InChI is InChI=1S/C16H27N3O2/c1-13(2)21-11-10-19(3)9-8-16(20)18-15-6-4-14(12-17)5-7-15/h4-7,13H,8-12,17H2,1-3H3,(H,18,20). The number of rotatable bonds is 9. The van der Waals surface area contributed by atoms with Crippen LogP contribution >= 0.6 is 0 Å². The summed E-state index contributed by atoms with van der Waals surface area (Å²) in [5.41, 5.74) is 7.40.